The third kappa shape index (κ3) is 6.06. The lowest BCUT2D eigenvalue weighted by atomic mass is 10.2. The van der Waals surface area contributed by atoms with Crippen molar-refractivity contribution in [1.29, 1.82) is 0 Å². The van der Waals surface area contributed by atoms with Crippen molar-refractivity contribution in [2.75, 3.05) is 26.7 Å². The fourth-order valence-corrected chi connectivity index (χ4v) is 3.46. The number of aliphatic hydroxyl groups excluding tert-OH is 1. The molecule has 0 amide bonds. The molecule has 1 aliphatic heterocycles. The number of carbonyl (C=O) groups excluding carboxylic acids is 1. The van der Waals surface area contributed by atoms with Gasteiger partial charge in [0.25, 0.3) is 5.69 Å². The third-order valence-electron chi connectivity index (χ3n) is 4.86. The maximum absolute atomic E-state index is 12.1. The molecular weight excluding hydrogens is 406 g/mol. The number of aliphatic hydroxyl groups is 1. The fraction of sp³-hybridized carbons (Fsp3) is 0.550. The van der Waals surface area contributed by atoms with Crippen LogP contribution in [0.1, 0.15) is 26.7 Å². The van der Waals surface area contributed by atoms with E-state index in [1.807, 2.05) is 25.7 Å². The predicted molar refractivity (Wildman–Crippen MR) is 110 cm³/mol. The van der Waals surface area contributed by atoms with Crippen LogP contribution in [0.5, 0.6) is 0 Å². The number of hydrogen-bond acceptors (Lipinski definition) is 10. The predicted octanol–water partition coefficient (Wildman–Crippen LogP) is 1.46. The molecule has 2 aromatic rings. The van der Waals surface area contributed by atoms with Crippen LogP contribution in [0.15, 0.2) is 28.8 Å². The summed E-state index contributed by atoms with van der Waals surface area (Å²) >= 11 is 0. The van der Waals surface area contributed by atoms with E-state index in [0.717, 1.165) is 0 Å². The van der Waals surface area contributed by atoms with Crippen LogP contribution in [0.4, 0.5) is 5.69 Å². The minimum atomic E-state index is -0.635. The fourth-order valence-electron chi connectivity index (χ4n) is 3.46. The number of likely N-dealkylation sites (N-methyl/N-ethyl adjacent to an activating group) is 1. The summed E-state index contributed by atoms with van der Waals surface area (Å²) < 4.78 is 10.6. The Kier molecular flexibility index (Phi) is 6.68. The molecule has 1 aliphatic rings. The van der Waals surface area contributed by atoms with E-state index in [1.165, 1.54) is 12.1 Å². The zero-order valence-electron chi connectivity index (χ0n) is 18.0. The van der Waals surface area contributed by atoms with Gasteiger partial charge in [-0.05, 0) is 40.0 Å². The number of likely N-dealkylation sites (tertiary alicyclic amines) is 1. The molecule has 0 bridgehead atoms. The van der Waals surface area contributed by atoms with E-state index in [1.54, 1.807) is 24.1 Å². The van der Waals surface area contributed by atoms with E-state index in [2.05, 4.69) is 10.1 Å². The summed E-state index contributed by atoms with van der Waals surface area (Å²) in [6.07, 6.45) is -0.635. The molecule has 1 saturated heterocycles. The van der Waals surface area contributed by atoms with Gasteiger partial charge in [0, 0.05) is 36.8 Å². The van der Waals surface area contributed by atoms with E-state index in [-0.39, 0.29) is 24.2 Å². The molecule has 11 heteroatoms. The molecule has 0 radical (unpaired) electrons. The number of carbonyl (C=O) groups is 1. The van der Waals surface area contributed by atoms with Crippen molar-refractivity contribution in [3.63, 3.8) is 0 Å². The van der Waals surface area contributed by atoms with Crippen molar-refractivity contribution < 1.29 is 24.1 Å². The van der Waals surface area contributed by atoms with Gasteiger partial charge in [-0.25, -0.2) is 0 Å². The first-order valence-electron chi connectivity index (χ1n) is 9.92. The number of benzene rings is 1. The van der Waals surface area contributed by atoms with E-state index < -0.39 is 16.6 Å². The summed E-state index contributed by atoms with van der Waals surface area (Å²) in [5, 5.41) is 25.2. The van der Waals surface area contributed by atoms with Gasteiger partial charge in [-0.3, -0.25) is 24.7 Å². The van der Waals surface area contributed by atoms with Crippen molar-refractivity contribution in [1.82, 2.24) is 19.9 Å². The number of ether oxygens (including phenoxy) is 1. The molecule has 1 unspecified atom stereocenters. The van der Waals surface area contributed by atoms with Gasteiger partial charge in [0.2, 0.25) is 11.7 Å². The zero-order chi connectivity index (χ0) is 22.8. The first-order valence-corrected chi connectivity index (χ1v) is 9.92. The second-order valence-electron chi connectivity index (χ2n) is 8.65. The number of aromatic nitrogens is 2. The van der Waals surface area contributed by atoms with Gasteiger partial charge < -0.3 is 14.4 Å². The Bertz CT molecular complexity index is 923. The molecule has 31 heavy (non-hydrogen) atoms. The molecule has 0 saturated carbocycles. The molecule has 2 heterocycles. The average Bonchev–Trinajstić information content (AvgIpc) is 3.27. The van der Waals surface area contributed by atoms with Crippen molar-refractivity contribution in [3.8, 4) is 11.4 Å². The van der Waals surface area contributed by atoms with Crippen molar-refractivity contribution in [2.24, 2.45) is 0 Å². The number of hydrogen-bond donors (Lipinski definition) is 1. The quantitative estimate of drug-likeness (QED) is 0.388. The molecule has 3 rings (SSSR count). The summed E-state index contributed by atoms with van der Waals surface area (Å²) in [7, 11) is 1.78. The van der Waals surface area contributed by atoms with Crippen molar-refractivity contribution in [3.05, 3.63) is 40.3 Å². The van der Waals surface area contributed by atoms with Crippen LogP contribution < -0.4 is 0 Å². The molecule has 11 nitrogen and oxygen atoms in total. The standard InChI is InChI=1S/C20H27N5O6/c1-20(2,3)30-18(27)12-23(4)15-9-24(10-16(15)26)11-17-21-19(22-31-17)13-5-7-14(8-6-13)25(28)29/h5-8,15-16,26H,9-12H2,1-4H3/t15?,16-/m1/s1. The smallest absolute Gasteiger partial charge is 0.320 e. The van der Waals surface area contributed by atoms with Crippen LogP contribution in [0.3, 0.4) is 0 Å². The number of nitrogens with zero attached hydrogens (tertiary/aromatic N) is 5. The SMILES string of the molecule is CN(CC(=O)OC(C)(C)C)C1CN(Cc2nc(-c3ccc([N+](=O)[O-])cc3)no2)C[C@H]1O. The second kappa shape index (κ2) is 9.08. The topological polar surface area (TPSA) is 135 Å². The van der Waals surface area contributed by atoms with Crippen LogP contribution >= 0.6 is 0 Å². The van der Waals surface area contributed by atoms with Gasteiger partial charge in [0.1, 0.15) is 5.60 Å². The minimum absolute atomic E-state index is 0.0138. The van der Waals surface area contributed by atoms with Gasteiger partial charge in [-0.15, -0.1) is 0 Å². The Morgan fingerprint density at radius 1 is 1.35 bits per heavy atom. The van der Waals surface area contributed by atoms with Crippen LogP contribution in [0.2, 0.25) is 0 Å². The lowest BCUT2D eigenvalue weighted by Gasteiger charge is -2.27. The molecule has 1 aromatic carbocycles. The number of rotatable bonds is 7. The maximum atomic E-state index is 12.1. The highest BCUT2D eigenvalue weighted by Gasteiger charge is 2.36. The normalized spacial score (nSPS) is 19.7. The summed E-state index contributed by atoms with van der Waals surface area (Å²) in [6.45, 7) is 6.78. The highest BCUT2D eigenvalue weighted by molar-refractivity contribution is 5.72. The maximum Gasteiger partial charge on any atom is 0.320 e. The van der Waals surface area contributed by atoms with Crippen molar-refractivity contribution >= 4 is 11.7 Å². The van der Waals surface area contributed by atoms with Gasteiger partial charge in [-0.1, -0.05) is 5.16 Å². The Hall–Kier alpha value is -2.89. The van der Waals surface area contributed by atoms with Gasteiger partial charge in [0.15, 0.2) is 0 Å². The first kappa shape index (κ1) is 22.8. The summed E-state index contributed by atoms with van der Waals surface area (Å²) in [4.78, 5) is 30.5. The molecule has 2 atom stereocenters. The zero-order valence-corrected chi connectivity index (χ0v) is 18.0. The van der Waals surface area contributed by atoms with Gasteiger partial charge in [-0.2, -0.15) is 4.98 Å². The van der Waals surface area contributed by atoms with E-state index in [4.69, 9.17) is 9.26 Å². The minimum Gasteiger partial charge on any atom is -0.459 e. The Balaban J connectivity index is 1.57. The monoisotopic (exact) mass is 433 g/mol. The molecule has 0 aliphatic carbocycles. The Morgan fingerprint density at radius 2 is 2.03 bits per heavy atom. The third-order valence-corrected chi connectivity index (χ3v) is 4.86. The highest BCUT2D eigenvalue weighted by Crippen LogP contribution is 2.22. The van der Waals surface area contributed by atoms with E-state index >= 15 is 0 Å². The molecule has 0 spiro atoms. The second-order valence-corrected chi connectivity index (χ2v) is 8.65. The number of β-amino-alcohol motifs (C(OH)–C–C–N with tert-alkyl or cyclic N) is 1. The summed E-state index contributed by atoms with van der Waals surface area (Å²) in [5.74, 6) is 0.365. The summed E-state index contributed by atoms with van der Waals surface area (Å²) in [6, 6.07) is 5.66. The van der Waals surface area contributed by atoms with Crippen LogP contribution in [-0.2, 0) is 16.1 Å². The first-order chi connectivity index (χ1) is 14.5. The van der Waals surface area contributed by atoms with E-state index in [0.29, 0.717) is 36.9 Å². The van der Waals surface area contributed by atoms with E-state index in [9.17, 15) is 20.0 Å². The number of esters is 1. The van der Waals surface area contributed by atoms with Gasteiger partial charge in [0.05, 0.1) is 24.1 Å². The number of non-ortho nitro benzene ring substituents is 1. The van der Waals surface area contributed by atoms with Crippen LogP contribution in [-0.4, -0.2) is 80.4 Å². The van der Waals surface area contributed by atoms with Crippen LogP contribution in [0.25, 0.3) is 11.4 Å². The van der Waals surface area contributed by atoms with Gasteiger partial charge >= 0.3 is 5.97 Å². The van der Waals surface area contributed by atoms with Crippen molar-refractivity contribution in [2.45, 2.75) is 45.1 Å². The lowest BCUT2D eigenvalue weighted by molar-refractivity contribution is -0.384. The summed E-state index contributed by atoms with van der Waals surface area (Å²) in [5.41, 5.74) is 0.0366. The Morgan fingerprint density at radius 3 is 2.65 bits per heavy atom. The van der Waals surface area contributed by atoms with Crippen LogP contribution in [0, 0.1) is 10.1 Å². The lowest BCUT2D eigenvalue weighted by Crippen LogP contribution is -2.44. The number of nitro benzene ring substituents is 1. The molecule has 168 valence electrons. The molecule has 1 aromatic heterocycles. The molecular formula is C20H27N5O6. The average molecular weight is 433 g/mol. The number of nitro groups is 1. The molecule has 1 fully saturated rings. The highest BCUT2D eigenvalue weighted by atomic mass is 16.6. The molecule has 1 N–H and O–H groups in total. The largest absolute Gasteiger partial charge is 0.459 e. The Labute approximate surface area is 179 Å².